The highest BCUT2D eigenvalue weighted by molar-refractivity contribution is 6.03. The lowest BCUT2D eigenvalue weighted by molar-refractivity contribution is 0.102. The van der Waals surface area contributed by atoms with Gasteiger partial charge in [0.15, 0.2) is 5.69 Å². The number of anilines is 1. The number of nitrogens with zero attached hydrogens (tertiary/aromatic N) is 3. The van der Waals surface area contributed by atoms with Crippen LogP contribution in [0.15, 0.2) is 85.2 Å². The van der Waals surface area contributed by atoms with Crippen molar-refractivity contribution in [2.24, 2.45) is 0 Å². The lowest BCUT2D eigenvalue weighted by atomic mass is 10.1. The van der Waals surface area contributed by atoms with Crippen molar-refractivity contribution in [3.8, 4) is 5.69 Å². The number of rotatable bonds is 5. The van der Waals surface area contributed by atoms with Gasteiger partial charge in [-0.2, -0.15) is 5.10 Å². The van der Waals surface area contributed by atoms with Gasteiger partial charge in [-0.05, 0) is 66.9 Å². The molecule has 0 spiro atoms. The number of amides is 1. The minimum Gasteiger partial charge on any atom is -0.321 e. The van der Waals surface area contributed by atoms with Gasteiger partial charge >= 0.3 is 0 Å². The van der Waals surface area contributed by atoms with Crippen LogP contribution in [0.4, 0.5) is 5.69 Å². The molecule has 0 aliphatic heterocycles. The van der Waals surface area contributed by atoms with Crippen molar-refractivity contribution in [3.05, 3.63) is 108 Å². The maximum Gasteiger partial charge on any atom is 0.276 e. The monoisotopic (exact) mass is 368 g/mol. The first-order valence-electron chi connectivity index (χ1n) is 9.10. The lowest BCUT2D eigenvalue weighted by Crippen LogP contribution is -2.13. The van der Waals surface area contributed by atoms with E-state index in [9.17, 15) is 4.79 Å². The molecule has 1 amide bonds. The molecule has 138 valence electrons. The van der Waals surface area contributed by atoms with Crippen LogP contribution < -0.4 is 5.32 Å². The largest absolute Gasteiger partial charge is 0.321 e. The van der Waals surface area contributed by atoms with E-state index in [0.717, 1.165) is 23.5 Å². The molecule has 0 aliphatic rings. The van der Waals surface area contributed by atoms with Crippen LogP contribution in [-0.4, -0.2) is 20.7 Å². The second-order valence-corrected chi connectivity index (χ2v) is 6.60. The van der Waals surface area contributed by atoms with Crippen molar-refractivity contribution in [1.29, 1.82) is 0 Å². The van der Waals surface area contributed by atoms with Crippen LogP contribution >= 0.6 is 0 Å². The van der Waals surface area contributed by atoms with Crippen molar-refractivity contribution < 1.29 is 4.79 Å². The second-order valence-electron chi connectivity index (χ2n) is 6.60. The van der Waals surface area contributed by atoms with E-state index < -0.39 is 0 Å². The number of carbonyl (C=O) groups excluding carboxylic acids is 1. The van der Waals surface area contributed by atoms with Crippen LogP contribution in [-0.2, 0) is 6.42 Å². The molecule has 0 saturated carbocycles. The average molecular weight is 368 g/mol. The maximum absolute atomic E-state index is 12.6. The summed E-state index contributed by atoms with van der Waals surface area (Å²) in [6.07, 6.45) is 4.42. The Balaban J connectivity index is 1.45. The quantitative estimate of drug-likeness (QED) is 0.567. The minimum atomic E-state index is -0.223. The molecule has 4 aromatic rings. The summed E-state index contributed by atoms with van der Waals surface area (Å²) in [6, 6.07) is 23.4. The average Bonchev–Trinajstić information content (AvgIpc) is 3.13. The normalized spacial score (nSPS) is 10.6. The van der Waals surface area contributed by atoms with Gasteiger partial charge in [-0.1, -0.05) is 30.3 Å². The fraction of sp³-hybridized carbons (Fsp3) is 0.0870. The Kier molecular flexibility index (Phi) is 4.97. The highest BCUT2D eigenvalue weighted by Crippen LogP contribution is 2.16. The molecule has 0 aliphatic carbocycles. The summed E-state index contributed by atoms with van der Waals surface area (Å²) in [5.74, 6) is -0.223. The van der Waals surface area contributed by atoms with E-state index in [-0.39, 0.29) is 5.91 Å². The molecule has 2 heterocycles. The van der Waals surface area contributed by atoms with E-state index in [4.69, 9.17) is 0 Å². The molecule has 0 atom stereocenters. The Morgan fingerprint density at radius 1 is 0.929 bits per heavy atom. The molecule has 28 heavy (non-hydrogen) atoms. The smallest absolute Gasteiger partial charge is 0.276 e. The predicted molar refractivity (Wildman–Crippen MR) is 110 cm³/mol. The number of nitrogens with one attached hydrogen (secondary N) is 1. The van der Waals surface area contributed by atoms with Crippen molar-refractivity contribution in [2.75, 3.05) is 5.32 Å². The molecule has 5 nitrogen and oxygen atoms in total. The summed E-state index contributed by atoms with van der Waals surface area (Å²) in [7, 11) is 0. The lowest BCUT2D eigenvalue weighted by Gasteiger charge is -2.06. The Hall–Kier alpha value is -3.73. The Bertz CT molecular complexity index is 1070. The zero-order valence-corrected chi connectivity index (χ0v) is 15.5. The van der Waals surface area contributed by atoms with E-state index in [1.807, 2.05) is 73.7 Å². The topological polar surface area (TPSA) is 59.8 Å². The number of aromatic nitrogens is 3. The third-order valence-corrected chi connectivity index (χ3v) is 4.49. The molecular weight excluding hydrogens is 348 g/mol. The van der Waals surface area contributed by atoms with Gasteiger partial charge in [-0.3, -0.25) is 9.78 Å². The van der Waals surface area contributed by atoms with Crippen molar-refractivity contribution >= 4 is 11.6 Å². The fourth-order valence-electron chi connectivity index (χ4n) is 3.05. The summed E-state index contributed by atoms with van der Waals surface area (Å²) >= 11 is 0. The summed E-state index contributed by atoms with van der Waals surface area (Å²) in [6.45, 7) is 1.94. The number of pyridine rings is 1. The van der Waals surface area contributed by atoms with Gasteiger partial charge in [0.2, 0.25) is 0 Å². The molecule has 2 aromatic heterocycles. The molecule has 0 saturated heterocycles. The number of hydrogen-bond acceptors (Lipinski definition) is 3. The maximum atomic E-state index is 12.6. The third-order valence-electron chi connectivity index (χ3n) is 4.49. The van der Waals surface area contributed by atoms with E-state index >= 15 is 0 Å². The Morgan fingerprint density at radius 2 is 1.61 bits per heavy atom. The highest BCUT2D eigenvalue weighted by atomic mass is 16.1. The van der Waals surface area contributed by atoms with Gasteiger partial charge in [0, 0.05) is 23.8 Å². The number of carbonyl (C=O) groups is 1. The van der Waals surface area contributed by atoms with E-state index in [0.29, 0.717) is 5.69 Å². The van der Waals surface area contributed by atoms with Crippen molar-refractivity contribution in [2.45, 2.75) is 13.3 Å². The molecule has 0 unspecified atom stereocenters. The van der Waals surface area contributed by atoms with E-state index in [1.54, 1.807) is 23.1 Å². The third kappa shape index (κ3) is 3.99. The van der Waals surface area contributed by atoms with Crippen LogP contribution in [0.25, 0.3) is 5.69 Å². The molecule has 5 heteroatoms. The first-order chi connectivity index (χ1) is 13.7. The number of para-hydroxylation sites is 1. The van der Waals surface area contributed by atoms with Crippen molar-refractivity contribution in [3.63, 3.8) is 0 Å². The number of benzene rings is 2. The number of aryl methyl sites for hydroxylation is 1. The van der Waals surface area contributed by atoms with Crippen LogP contribution in [0, 0.1) is 6.92 Å². The van der Waals surface area contributed by atoms with E-state index in [2.05, 4.69) is 15.4 Å². The standard InChI is InChI=1S/C23H20N4O/c1-17-15-22(26-27(17)21-5-3-2-4-6-21)23(28)25-20-9-7-18(8-10-20)16-19-11-13-24-14-12-19/h2-15H,16H2,1H3,(H,25,28). The molecule has 2 aromatic carbocycles. The first kappa shape index (κ1) is 17.7. The van der Waals surface area contributed by atoms with Gasteiger partial charge in [0.1, 0.15) is 0 Å². The van der Waals surface area contributed by atoms with Crippen molar-refractivity contribution in [1.82, 2.24) is 14.8 Å². The van der Waals surface area contributed by atoms with Gasteiger partial charge in [-0.15, -0.1) is 0 Å². The first-order valence-corrected chi connectivity index (χ1v) is 9.10. The molecule has 0 bridgehead atoms. The van der Waals surface area contributed by atoms with Crippen LogP contribution in [0.2, 0.25) is 0 Å². The van der Waals surface area contributed by atoms with Crippen LogP contribution in [0.1, 0.15) is 27.3 Å². The summed E-state index contributed by atoms with van der Waals surface area (Å²) in [5.41, 5.74) is 5.35. The predicted octanol–water partition coefficient (Wildman–Crippen LogP) is 4.42. The molecule has 1 N–H and O–H groups in total. The highest BCUT2D eigenvalue weighted by Gasteiger charge is 2.13. The molecule has 0 radical (unpaired) electrons. The SMILES string of the molecule is Cc1cc(C(=O)Nc2ccc(Cc3ccncc3)cc2)nn1-c1ccccc1. The molecular formula is C23H20N4O. The zero-order chi connectivity index (χ0) is 19.3. The minimum absolute atomic E-state index is 0.223. The Labute approximate surface area is 163 Å². The molecule has 0 fully saturated rings. The van der Waals surface area contributed by atoms with E-state index in [1.165, 1.54) is 11.1 Å². The summed E-state index contributed by atoms with van der Waals surface area (Å²) < 4.78 is 1.77. The second kappa shape index (κ2) is 7.88. The summed E-state index contributed by atoms with van der Waals surface area (Å²) in [5, 5.41) is 7.36. The number of hydrogen-bond donors (Lipinski definition) is 1. The van der Waals surface area contributed by atoms with Gasteiger partial charge < -0.3 is 5.32 Å². The van der Waals surface area contributed by atoms with Crippen LogP contribution in [0.5, 0.6) is 0 Å². The molecule has 4 rings (SSSR count). The zero-order valence-electron chi connectivity index (χ0n) is 15.5. The van der Waals surface area contributed by atoms with Crippen LogP contribution in [0.3, 0.4) is 0 Å². The van der Waals surface area contributed by atoms with Gasteiger partial charge in [-0.25, -0.2) is 4.68 Å². The fourth-order valence-corrected chi connectivity index (χ4v) is 3.05. The van der Waals surface area contributed by atoms with Gasteiger partial charge in [0.05, 0.1) is 5.69 Å². The summed E-state index contributed by atoms with van der Waals surface area (Å²) in [4.78, 5) is 16.6. The Morgan fingerprint density at radius 3 is 2.32 bits per heavy atom. The van der Waals surface area contributed by atoms with Gasteiger partial charge in [0.25, 0.3) is 5.91 Å².